The minimum atomic E-state index is -0.0535. The van der Waals surface area contributed by atoms with E-state index in [4.69, 9.17) is 10.5 Å². The van der Waals surface area contributed by atoms with E-state index in [1.165, 1.54) is 0 Å². The molecule has 1 unspecified atom stereocenters. The van der Waals surface area contributed by atoms with Gasteiger partial charge in [0.1, 0.15) is 6.10 Å². The van der Waals surface area contributed by atoms with Crippen LogP contribution in [0.15, 0.2) is 54.6 Å². The number of amides is 1. The Morgan fingerprint density at radius 1 is 1.13 bits per heavy atom. The monoisotopic (exact) mass is 332 g/mol. The molecule has 2 aromatic rings. The Hall–Kier alpha value is -1.88. The summed E-state index contributed by atoms with van der Waals surface area (Å²) in [7, 11) is 0. The van der Waals surface area contributed by atoms with Crippen molar-refractivity contribution in [3.63, 3.8) is 0 Å². The van der Waals surface area contributed by atoms with Gasteiger partial charge in [-0.05, 0) is 23.3 Å². The minimum absolute atomic E-state index is 0. The molecule has 0 radical (unpaired) electrons. The topological polar surface area (TPSA) is 55.6 Å². The summed E-state index contributed by atoms with van der Waals surface area (Å²) in [6, 6.07) is 17.5. The quantitative estimate of drug-likeness (QED) is 0.940. The van der Waals surface area contributed by atoms with E-state index < -0.39 is 0 Å². The van der Waals surface area contributed by atoms with Gasteiger partial charge in [0.25, 0.3) is 5.91 Å². The highest BCUT2D eigenvalue weighted by Crippen LogP contribution is 2.23. The normalized spacial score (nSPS) is 17.4. The van der Waals surface area contributed by atoms with Crippen LogP contribution < -0.4 is 5.73 Å². The predicted octanol–water partition coefficient (Wildman–Crippen LogP) is 2.78. The van der Waals surface area contributed by atoms with Crippen molar-refractivity contribution in [2.75, 3.05) is 19.7 Å². The Balaban J connectivity index is 0.00000192. The summed E-state index contributed by atoms with van der Waals surface area (Å²) in [5, 5.41) is 0. The van der Waals surface area contributed by atoms with Gasteiger partial charge in [0.15, 0.2) is 0 Å². The van der Waals surface area contributed by atoms with Crippen LogP contribution in [0, 0.1) is 0 Å². The van der Waals surface area contributed by atoms with E-state index in [1.54, 1.807) is 0 Å². The van der Waals surface area contributed by atoms with Crippen molar-refractivity contribution in [1.82, 2.24) is 4.90 Å². The van der Waals surface area contributed by atoms with Crippen LogP contribution in [-0.4, -0.2) is 30.5 Å². The maximum Gasteiger partial charge on any atom is 0.254 e. The maximum absolute atomic E-state index is 12.6. The largest absolute Gasteiger partial charge is 0.370 e. The van der Waals surface area contributed by atoms with E-state index in [1.807, 2.05) is 59.5 Å². The Bertz CT molecular complexity index is 631. The van der Waals surface area contributed by atoms with Gasteiger partial charge >= 0.3 is 0 Å². The van der Waals surface area contributed by atoms with Gasteiger partial charge < -0.3 is 15.4 Å². The molecule has 1 fully saturated rings. The number of benzene rings is 2. The van der Waals surface area contributed by atoms with Crippen LogP contribution in [0.3, 0.4) is 0 Å². The van der Waals surface area contributed by atoms with E-state index in [2.05, 4.69) is 0 Å². The predicted molar refractivity (Wildman–Crippen MR) is 92.6 cm³/mol. The molecule has 3 rings (SSSR count). The number of morpholine rings is 1. The molecular formula is C18H21ClN2O2. The standard InChI is InChI=1S/C18H20N2O2.ClH/c19-12-14-6-8-16(9-7-14)18(21)20-10-11-22-17(13-20)15-4-2-1-3-5-15;/h1-9,17H,10-13,19H2;1H. The van der Waals surface area contributed by atoms with Crippen LogP contribution >= 0.6 is 12.4 Å². The smallest absolute Gasteiger partial charge is 0.254 e. The zero-order chi connectivity index (χ0) is 15.4. The highest BCUT2D eigenvalue weighted by atomic mass is 35.5. The number of carbonyl (C=O) groups is 1. The fraction of sp³-hybridized carbons (Fsp3) is 0.278. The first-order valence-corrected chi connectivity index (χ1v) is 7.53. The van der Waals surface area contributed by atoms with Gasteiger partial charge in [-0.15, -0.1) is 12.4 Å². The summed E-state index contributed by atoms with van der Waals surface area (Å²) in [6.07, 6.45) is -0.0535. The number of rotatable bonds is 3. The molecule has 4 nitrogen and oxygen atoms in total. The third kappa shape index (κ3) is 4.10. The molecule has 1 amide bonds. The molecule has 1 atom stereocenters. The first-order valence-electron chi connectivity index (χ1n) is 7.53. The summed E-state index contributed by atoms with van der Waals surface area (Å²) in [5.41, 5.74) is 8.43. The van der Waals surface area contributed by atoms with E-state index in [0.29, 0.717) is 31.8 Å². The number of hydrogen-bond donors (Lipinski definition) is 1. The zero-order valence-corrected chi connectivity index (χ0v) is 13.7. The maximum atomic E-state index is 12.6. The lowest BCUT2D eigenvalue weighted by atomic mass is 10.1. The SMILES string of the molecule is Cl.NCc1ccc(C(=O)N2CCOC(c3ccccc3)C2)cc1. The van der Waals surface area contributed by atoms with E-state index >= 15 is 0 Å². The second-order valence-electron chi connectivity index (χ2n) is 5.42. The van der Waals surface area contributed by atoms with Crippen molar-refractivity contribution in [3.8, 4) is 0 Å². The first-order chi connectivity index (χ1) is 10.8. The number of nitrogens with zero attached hydrogens (tertiary/aromatic N) is 1. The molecule has 1 aliphatic heterocycles. The summed E-state index contributed by atoms with van der Waals surface area (Å²) in [4.78, 5) is 14.5. The summed E-state index contributed by atoms with van der Waals surface area (Å²) < 4.78 is 5.81. The second kappa shape index (κ2) is 8.11. The molecule has 1 saturated heterocycles. The summed E-state index contributed by atoms with van der Waals surface area (Å²) in [5.74, 6) is 0.0489. The lowest BCUT2D eigenvalue weighted by Crippen LogP contribution is -2.42. The van der Waals surface area contributed by atoms with Crippen LogP contribution in [0.25, 0.3) is 0 Å². The Labute approximate surface area is 142 Å². The third-order valence-corrected chi connectivity index (χ3v) is 3.96. The number of hydrogen-bond acceptors (Lipinski definition) is 3. The molecule has 1 heterocycles. The second-order valence-corrected chi connectivity index (χ2v) is 5.42. The molecule has 2 aromatic carbocycles. The van der Waals surface area contributed by atoms with Crippen molar-refractivity contribution in [3.05, 3.63) is 71.3 Å². The Kier molecular flexibility index (Phi) is 6.16. The van der Waals surface area contributed by atoms with Crippen LogP contribution in [0.4, 0.5) is 0 Å². The molecule has 0 saturated carbocycles. The molecule has 122 valence electrons. The molecule has 5 heteroatoms. The molecule has 0 spiro atoms. The van der Waals surface area contributed by atoms with Crippen LogP contribution in [0.1, 0.15) is 27.6 Å². The van der Waals surface area contributed by atoms with Gasteiger partial charge in [-0.1, -0.05) is 42.5 Å². The van der Waals surface area contributed by atoms with E-state index in [-0.39, 0.29) is 24.4 Å². The van der Waals surface area contributed by atoms with Gasteiger partial charge in [-0.2, -0.15) is 0 Å². The minimum Gasteiger partial charge on any atom is -0.370 e. The van der Waals surface area contributed by atoms with Crippen LogP contribution in [0.2, 0.25) is 0 Å². The number of nitrogens with two attached hydrogens (primary N) is 1. The molecule has 1 aliphatic rings. The van der Waals surface area contributed by atoms with Crippen molar-refractivity contribution in [2.45, 2.75) is 12.6 Å². The fourth-order valence-corrected chi connectivity index (χ4v) is 2.67. The summed E-state index contributed by atoms with van der Waals surface area (Å²) in [6.45, 7) is 2.26. The van der Waals surface area contributed by atoms with Crippen molar-refractivity contribution >= 4 is 18.3 Å². The van der Waals surface area contributed by atoms with Gasteiger partial charge in [0.2, 0.25) is 0 Å². The number of halogens is 1. The van der Waals surface area contributed by atoms with Gasteiger partial charge in [0, 0.05) is 18.7 Å². The highest BCUT2D eigenvalue weighted by molar-refractivity contribution is 5.94. The number of ether oxygens (including phenoxy) is 1. The third-order valence-electron chi connectivity index (χ3n) is 3.96. The fourth-order valence-electron chi connectivity index (χ4n) is 2.67. The van der Waals surface area contributed by atoms with Crippen molar-refractivity contribution in [1.29, 1.82) is 0 Å². The Morgan fingerprint density at radius 3 is 2.48 bits per heavy atom. The van der Waals surface area contributed by atoms with Crippen molar-refractivity contribution in [2.24, 2.45) is 5.73 Å². The average Bonchev–Trinajstić information content (AvgIpc) is 2.62. The van der Waals surface area contributed by atoms with E-state index in [9.17, 15) is 4.79 Å². The number of carbonyl (C=O) groups excluding carboxylic acids is 1. The van der Waals surface area contributed by atoms with Gasteiger partial charge in [-0.3, -0.25) is 4.79 Å². The molecule has 2 N–H and O–H groups in total. The molecule has 0 aliphatic carbocycles. The van der Waals surface area contributed by atoms with E-state index in [0.717, 1.165) is 11.1 Å². The van der Waals surface area contributed by atoms with Crippen LogP contribution in [0.5, 0.6) is 0 Å². The lowest BCUT2D eigenvalue weighted by Gasteiger charge is -2.33. The Morgan fingerprint density at radius 2 is 1.83 bits per heavy atom. The molecule has 23 heavy (non-hydrogen) atoms. The van der Waals surface area contributed by atoms with Crippen molar-refractivity contribution < 1.29 is 9.53 Å². The highest BCUT2D eigenvalue weighted by Gasteiger charge is 2.25. The molecule has 0 aromatic heterocycles. The lowest BCUT2D eigenvalue weighted by molar-refractivity contribution is -0.0228. The van der Waals surface area contributed by atoms with Gasteiger partial charge in [-0.25, -0.2) is 0 Å². The summed E-state index contributed by atoms with van der Waals surface area (Å²) >= 11 is 0. The molecular weight excluding hydrogens is 312 g/mol. The van der Waals surface area contributed by atoms with Gasteiger partial charge in [0.05, 0.1) is 13.2 Å². The average molecular weight is 333 g/mol. The first kappa shape index (κ1) is 17.5. The zero-order valence-electron chi connectivity index (χ0n) is 12.9. The van der Waals surface area contributed by atoms with Crippen LogP contribution in [-0.2, 0) is 11.3 Å². The molecule has 0 bridgehead atoms.